The van der Waals surface area contributed by atoms with Crippen LogP contribution in [0.2, 0.25) is 0 Å². The van der Waals surface area contributed by atoms with Crippen molar-refractivity contribution in [3.63, 3.8) is 0 Å². The van der Waals surface area contributed by atoms with Gasteiger partial charge in [0.2, 0.25) is 15.9 Å². The lowest BCUT2D eigenvalue weighted by Crippen LogP contribution is -2.47. The van der Waals surface area contributed by atoms with Crippen LogP contribution in [0.4, 0.5) is 5.69 Å². The lowest BCUT2D eigenvalue weighted by molar-refractivity contribution is -0.119. The number of nitrogens with one attached hydrogen (secondary N) is 1. The van der Waals surface area contributed by atoms with Gasteiger partial charge in [0.15, 0.2) is 0 Å². The van der Waals surface area contributed by atoms with Gasteiger partial charge in [0.25, 0.3) is 0 Å². The molecule has 1 aromatic rings. The molecule has 1 aromatic carbocycles. The quantitative estimate of drug-likeness (QED) is 0.592. The molecule has 0 heterocycles. The summed E-state index contributed by atoms with van der Waals surface area (Å²) in [5.41, 5.74) is 10.3. The van der Waals surface area contributed by atoms with Crippen molar-refractivity contribution in [3.8, 4) is 5.75 Å². The predicted molar refractivity (Wildman–Crippen MR) is 81.2 cm³/mol. The highest BCUT2D eigenvalue weighted by Gasteiger charge is 2.26. The lowest BCUT2D eigenvalue weighted by Gasteiger charge is -2.24. The van der Waals surface area contributed by atoms with Crippen LogP contribution in [0.3, 0.4) is 0 Å². The molecule has 1 rings (SSSR count). The normalized spacial score (nSPS) is 12.1. The standard InChI is InChI=1S/C13H21N3O4S/c1-13(2,9-12(15)17)16-21(18,19)7-6-20-11-5-3-4-10(14)8-11/h3-5,8,16H,6-7,9,14H2,1-2H3,(H2,15,17). The number of amides is 1. The molecule has 0 saturated heterocycles. The van der Waals surface area contributed by atoms with E-state index < -0.39 is 21.5 Å². The van der Waals surface area contributed by atoms with E-state index >= 15 is 0 Å². The number of primary amides is 1. The Hall–Kier alpha value is -1.80. The first kappa shape index (κ1) is 17.3. The van der Waals surface area contributed by atoms with Crippen molar-refractivity contribution in [1.29, 1.82) is 0 Å². The van der Waals surface area contributed by atoms with Crippen LogP contribution in [0.5, 0.6) is 5.75 Å². The van der Waals surface area contributed by atoms with E-state index in [4.69, 9.17) is 16.2 Å². The van der Waals surface area contributed by atoms with E-state index in [1.54, 1.807) is 38.1 Å². The van der Waals surface area contributed by atoms with Crippen LogP contribution in [-0.4, -0.2) is 32.2 Å². The fraction of sp³-hybridized carbons (Fsp3) is 0.462. The van der Waals surface area contributed by atoms with Crippen LogP contribution in [0.15, 0.2) is 24.3 Å². The summed E-state index contributed by atoms with van der Waals surface area (Å²) >= 11 is 0. The number of nitrogen functional groups attached to an aromatic ring is 1. The average Bonchev–Trinajstić information content (AvgIpc) is 2.24. The molecule has 0 bridgehead atoms. The van der Waals surface area contributed by atoms with Crippen molar-refractivity contribution >= 4 is 21.6 Å². The number of nitrogens with two attached hydrogens (primary N) is 2. The van der Waals surface area contributed by atoms with Crippen LogP contribution in [-0.2, 0) is 14.8 Å². The van der Waals surface area contributed by atoms with E-state index in [0.29, 0.717) is 11.4 Å². The fourth-order valence-corrected chi connectivity index (χ4v) is 3.14. The van der Waals surface area contributed by atoms with Gasteiger partial charge in [-0.05, 0) is 26.0 Å². The van der Waals surface area contributed by atoms with Crippen LogP contribution in [0.25, 0.3) is 0 Å². The lowest BCUT2D eigenvalue weighted by atomic mass is 10.0. The molecule has 0 unspecified atom stereocenters. The molecule has 0 fully saturated rings. The molecule has 1 amide bonds. The Morgan fingerprint density at radius 1 is 1.38 bits per heavy atom. The molecule has 118 valence electrons. The van der Waals surface area contributed by atoms with Gasteiger partial charge in [-0.25, -0.2) is 13.1 Å². The summed E-state index contributed by atoms with van der Waals surface area (Å²) in [4.78, 5) is 10.9. The van der Waals surface area contributed by atoms with Crippen LogP contribution in [0.1, 0.15) is 20.3 Å². The number of rotatable bonds is 8. The van der Waals surface area contributed by atoms with Gasteiger partial charge in [0.1, 0.15) is 12.4 Å². The number of carbonyl (C=O) groups is 1. The van der Waals surface area contributed by atoms with Gasteiger partial charge in [-0.15, -0.1) is 0 Å². The average molecular weight is 315 g/mol. The van der Waals surface area contributed by atoms with Gasteiger partial charge in [-0.2, -0.15) is 0 Å². The minimum absolute atomic E-state index is 0.0224. The molecular weight excluding hydrogens is 294 g/mol. The van der Waals surface area contributed by atoms with E-state index in [0.717, 1.165) is 0 Å². The molecule has 8 heteroatoms. The van der Waals surface area contributed by atoms with Gasteiger partial charge < -0.3 is 16.2 Å². The Kier molecular flexibility index (Phi) is 5.56. The van der Waals surface area contributed by atoms with Gasteiger partial charge in [0.05, 0.1) is 5.75 Å². The Bertz CT molecular complexity index is 599. The summed E-state index contributed by atoms with van der Waals surface area (Å²) in [6, 6.07) is 6.72. The second-order valence-electron chi connectivity index (χ2n) is 5.37. The first-order chi connectivity index (χ1) is 9.60. The Labute approximate surface area is 124 Å². The fourth-order valence-electron chi connectivity index (χ4n) is 1.82. The van der Waals surface area contributed by atoms with E-state index in [1.807, 2.05) is 0 Å². The molecule has 0 aliphatic heterocycles. The van der Waals surface area contributed by atoms with Crippen molar-refractivity contribution in [3.05, 3.63) is 24.3 Å². The highest BCUT2D eigenvalue weighted by molar-refractivity contribution is 7.89. The maximum atomic E-state index is 11.9. The number of benzene rings is 1. The summed E-state index contributed by atoms with van der Waals surface area (Å²) in [5, 5.41) is 0. The van der Waals surface area contributed by atoms with Crippen molar-refractivity contribution in [1.82, 2.24) is 4.72 Å². The molecule has 0 spiro atoms. The Morgan fingerprint density at radius 3 is 2.62 bits per heavy atom. The summed E-state index contributed by atoms with van der Waals surface area (Å²) < 4.78 is 31.6. The zero-order valence-corrected chi connectivity index (χ0v) is 12.9. The summed E-state index contributed by atoms with van der Waals surface area (Å²) in [7, 11) is -3.58. The Balaban J connectivity index is 2.51. The minimum atomic E-state index is -3.58. The third-order valence-electron chi connectivity index (χ3n) is 2.53. The smallest absolute Gasteiger partial charge is 0.219 e. The number of carbonyl (C=O) groups excluding carboxylic acids is 1. The second-order valence-corrected chi connectivity index (χ2v) is 7.21. The van der Waals surface area contributed by atoms with Crippen molar-refractivity contribution in [2.75, 3.05) is 18.1 Å². The number of anilines is 1. The largest absolute Gasteiger partial charge is 0.492 e. The van der Waals surface area contributed by atoms with E-state index in [2.05, 4.69) is 4.72 Å². The summed E-state index contributed by atoms with van der Waals surface area (Å²) in [6.45, 7) is 3.16. The summed E-state index contributed by atoms with van der Waals surface area (Å²) in [5.74, 6) is -0.301. The summed E-state index contributed by atoms with van der Waals surface area (Å²) in [6.07, 6.45) is -0.0810. The van der Waals surface area contributed by atoms with Gasteiger partial charge >= 0.3 is 0 Å². The number of hydrogen-bond donors (Lipinski definition) is 3. The topological polar surface area (TPSA) is 125 Å². The number of ether oxygens (including phenoxy) is 1. The van der Waals surface area contributed by atoms with Crippen LogP contribution in [0, 0.1) is 0 Å². The van der Waals surface area contributed by atoms with Gasteiger partial charge in [-0.3, -0.25) is 4.79 Å². The molecule has 0 saturated carbocycles. The van der Waals surface area contributed by atoms with E-state index in [9.17, 15) is 13.2 Å². The van der Waals surface area contributed by atoms with Crippen LogP contribution >= 0.6 is 0 Å². The SMILES string of the molecule is CC(C)(CC(N)=O)NS(=O)(=O)CCOc1cccc(N)c1. The molecule has 7 nitrogen and oxygen atoms in total. The van der Waals surface area contributed by atoms with Crippen molar-refractivity contribution in [2.45, 2.75) is 25.8 Å². The number of sulfonamides is 1. The minimum Gasteiger partial charge on any atom is -0.492 e. The van der Waals surface area contributed by atoms with Gasteiger partial charge in [0, 0.05) is 23.7 Å². The first-order valence-corrected chi connectivity index (χ1v) is 8.03. The number of hydrogen-bond acceptors (Lipinski definition) is 5. The molecule has 0 radical (unpaired) electrons. The molecule has 21 heavy (non-hydrogen) atoms. The molecule has 5 N–H and O–H groups in total. The van der Waals surface area contributed by atoms with Crippen molar-refractivity contribution < 1.29 is 17.9 Å². The molecule has 0 aromatic heterocycles. The molecule has 0 aliphatic rings. The van der Waals surface area contributed by atoms with E-state index in [-0.39, 0.29) is 18.8 Å². The monoisotopic (exact) mass is 315 g/mol. The zero-order valence-electron chi connectivity index (χ0n) is 12.1. The van der Waals surface area contributed by atoms with Crippen molar-refractivity contribution in [2.24, 2.45) is 5.73 Å². The van der Waals surface area contributed by atoms with Crippen LogP contribution < -0.4 is 20.9 Å². The zero-order chi connectivity index (χ0) is 16.1. The maximum Gasteiger partial charge on any atom is 0.219 e. The molecule has 0 atom stereocenters. The third-order valence-corrected chi connectivity index (χ3v) is 4.09. The maximum absolute atomic E-state index is 11.9. The first-order valence-electron chi connectivity index (χ1n) is 6.38. The van der Waals surface area contributed by atoms with E-state index in [1.165, 1.54) is 0 Å². The Morgan fingerprint density at radius 2 is 2.05 bits per heavy atom. The highest BCUT2D eigenvalue weighted by Crippen LogP contribution is 2.14. The highest BCUT2D eigenvalue weighted by atomic mass is 32.2. The second kappa shape index (κ2) is 6.77. The van der Waals surface area contributed by atoms with Gasteiger partial charge in [-0.1, -0.05) is 6.07 Å². The third kappa shape index (κ3) is 6.96. The predicted octanol–water partition coefficient (Wildman–Crippen LogP) is 0.221. The molecule has 0 aliphatic carbocycles. The molecular formula is C13H21N3O4S.